The normalized spacial score (nSPS) is 9.61. The first-order valence-electron chi connectivity index (χ1n) is 5.55. The van der Waals surface area contributed by atoms with Gasteiger partial charge in [0, 0.05) is 17.5 Å². The van der Waals surface area contributed by atoms with E-state index in [1.165, 1.54) is 13.2 Å². The Morgan fingerprint density at radius 2 is 2.22 bits per heavy atom. The number of rotatable bonds is 7. The smallest absolute Gasteiger partial charge is 0.171 e. The molecular formula is C13H14ClNO3. The van der Waals surface area contributed by atoms with Crippen LogP contribution in [0, 0.1) is 11.3 Å². The van der Waals surface area contributed by atoms with Gasteiger partial charge in [-0.05, 0) is 18.9 Å². The summed E-state index contributed by atoms with van der Waals surface area (Å²) in [4.78, 5) is 10.9. The van der Waals surface area contributed by atoms with Gasteiger partial charge in [-0.15, -0.1) is 0 Å². The first-order chi connectivity index (χ1) is 8.72. The fraction of sp³-hybridized carbons (Fsp3) is 0.385. The summed E-state index contributed by atoms with van der Waals surface area (Å²) in [6.45, 7) is 0.431. The van der Waals surface area contributed by atoms with E-state index in [2.05, 4.69) is 6.07 Å². The Kier molecular flexibility index (Phi) is 6.03. The van der Waals surface area contributed by atoms with E-state index < -0.39 is 0 Å². The van der Waals surface area contributed by atoms with E-state index in [1.807, 2.05) is 0 Å². The van der Waals surface area contributed by atoms with E-state index in [0.29, 0.717) is 41.4 Å². The van der Waals surface area contributed by atoms with Gasteiger partial charge in [0.2, 0.25) is 0 Å². The third-order valence-corrected chi connectivity index (χ3v) is 2.54. The zero-order valence-corrected chi connectivity index (χ0v) is 10.9. The summed E-state index contributed by atoms with van der Waals surface area (Å²) < 4.78 is 10.7. The first-order valence-corrected chi connectivity index (χ1v) is 5.93. The first kappa shape index (κ1) is 14.3. The van der Waals surface area contributed by atoms with Crippen molar-refractivity contribution in [3.8, 4) is 17.6 Å². The van der Waals surface area contributed by atoms with Gasteiger partial charge in [0.25, 0.3) is 0 Å². The molecule has 0 fully saturated rings. The average molecular weight is 268 g/mol. The van der Waals surface area contributed by atoms with Crippen LogP contribution >= 0.6 is 11.6 Å². The van der Waals surface area contributed by atoms with E-state index in [1.54, 1.807) is 6.07 Å². The lowest BCUT2D eigenvalue weighted by atomic mass is 10.2. The maximum atomic E-state index is 10.9. The second-order valence-electron chi connectivity index (χ2n) is 3.61. The summed E-state index contributed by atoms with van der Waals surface area (Å²) in [7, 11) is 1.49. The molecule has 0 radical (unpaired) electrons. The van der Waals surface area contributed by atoms with Gasteiger partial charge in [-0.1, -0.05) is 11.6 Å². The standard InChI is InChI=1S/C13H14ClNO3/c1-17-12-8-11(14)7-10(9-16)13(12)18-6-4-2-3-5-15/h7-9H,2-4,6H2,1H3. The lowest BCUT2D eigenvalue weighted by Crippen LogP contribution is -2.02. The number of hydrogen-bond acceptors (Lipinski definition) is 4. The molecular weight excluding hydrogens is 254 g/mol. The summed E-state index contributed by atoms with van der Waals surface area (Å²) >= 11 is 5.85. The Morgan fingerprint density at radius 1 is 1.44 bits per heavy atom. The van der Waals surface area contributed by atoms with Crippen molar-refractivity contribution < 1.29 is 14.3 Å². The van der Waals surface area contributed by atoms with Gasteiger partial charge in [-0.2, -0.15) is 5.26 Å². The molecule has 0 bridgehead atoms. The van der Waals surface area contributed by atoms with Crippen LogP contribution in [0.1, 0.15) is 29.6 Å². The highest BCUT2D eigenvalue weighted by Crippen LogP contribution is 2.33. The van der Waals surface area contributed by atoms with Crippen LogP contribution in [0.2, 0.25) is 5.02 Å². The third kappa shape index (κ3) is 3.94. The fourth-order valence-corrected chi connectivity index (χ4v) is 1.68. The van der Waals surface area contributed by atoms with Crippen molar-refractivity contribution in [2.45, 2.75) is 19.3 Å². The zero-order valence-electron chi connectivity index (χ0n) is 10.1. The van der Waals surface area contributed by atoms with Gasteiger partial charge >= 0.3 is 0 Å². The number of benzene rings is 1. The van der Waals surface area contributed by atoms with Crippen molar-refractivity contribution in [2.75, 3.05) is 13.7 Å². The molecule has 0 aliphatic heterocycles. The lowest BCUT2D eigenvalue weighted by molar-refractivity contribution is 0.111. The second kappa shape index (κ2) is 7.57. The molecule has 0 aliphatic carbocycles. The molecule has 0 saturated heterocycles. The highest BCUT2D eigenvalue weighted by atomic mass is 35.5. The predicted octanol–water partition coefficient (Wildman–Crippen LogP) is 3.23. The summed E-state index contributed by atoms with van der Waals surface area (Å²) in [5.74, 6) is 0.832. The molecule has 0 heterocycles. The molecule has 0 spiro atoms. The zero-order chi connectivity index (χ0) is 13.4. The van der Waals surface area contributed by atoms with Crippen molar-refractivity contribution in [2.24, 2.45) is 0 Å². The summed E-state index contributed by atoms with van der Waals surface area (Å²) in [5, 5.41) is 8.83. The number of ether oxygens (including phenoxy) is 2. The quantitative estimate of drug-likeness (QED) is 0.562. The van der Waals surface area contributed by atoms with Crippen molar-refractivity contribution in [1.82, 2.24) is 0 Å². The lowest BCUT2D eigenvalue weighted by Gasteiger charge is -2.12. The van der Waals surface area contributed by atoms with Gasteiger partial charge in [0.1, 0.15) is 0 Å². The van der Waals surface area contributed by atoms with Crippen LogP contribution in [0.5, 0.6) is 11.5 Å². The van der Waals surface area contributed by atoms with E-state index in [0.717, 1.165) is 12.8 Å². The molecule has 0 saturated carbocycles. The number of hydrogen-bond donors (Lipinski definition) is 0. The molecule has 1 aromatic carbocycles. The van der Waals surface area contributed by atoms with Crippen LogP contribution in [0.15, 0.2) is 12.1 Å². The van der Waals surface area contributed by atoms with Crippen LogP contribution < -0.4 is 9.47 Å². The number of aldehydes is 1. The highest BCUT2D eigenvalue weighted by molar-refractivity contribution is 6.31. The number of nitriles is 1. The van der Waals surface area contributed by atoms with Gasteiger partial charge in [-0.25, -0.2) is 0 Å². The van der Waals surface area contributed by atoms with Crippen LogP contribution in [-0.2, 0) is 0 Å². The molecule has 5 heteroatoms. The summed E-state index contributed by atoms with van der Waals surface area (Å²) in [6, 6.07) is 5.19. The monoisotopic (exact) mass is 267 g/mol. The largest absolute Gasteiger partial charge is 0.493 e. The van der Waals surface area contributed by atoms with E-state index in [-0.39, 0.29) is 0 Å². The average Bonchev–Trinajstić information content (AvgIpc) is 2.39. The van der Waals surface area contributed by atoms with Gasteiger partial charge < -0.3 is 9.47 Å². The van der Waals surface area contributed by atoms with E-state index in [4.69, 9.17) is 26.3 Å². The maximum absolute atomic E-state index is 10.9. The van der Waals surface area contributed by atoms with Gasteiger partial charge in [-0.3, -0.25) is 4.79 Å². The topological polar surface area (TPSA) is 59.3 Å². The molecule has 0 amide bonds. The second-order valence-corrected chi connectivity index (χ2v) is 4.04. The Morgan fingerprint density at radius 3 is 2.83 bits per heavy atom. The third-order valence-electron chi connectivity index (χ3n) is 2.32. The molecule has 0 unspecified atom stereocenters. The SMILES string of the molecule is COc1cc(Cl)cc(C=O)c1OCCCCC#N. The minimum Gasteiger partial charge on any atom is -0.493 e. The fourth-order valence-electron chi connectivity index (χ4n) is 1.46. The summed E-state index contributed by atoms with van der Waals surface area (Å²) in [6.07, 6.45) is 2.70. The predicted molar refractivity (Wildman–Crippen MR) is 68.4 cm³/mol. The molecule has 1 aromatic rings. The Balaban J connectivity index is 2.74. The number of methoxy groups -OCH3 is 1. The van der Waals surface area contributed by atoms with Crippen molar-refractivity contribution in [3.05, 3.63) is 22.7 Å². The Hall–Kier alpha value is -1.73. The Labute approximate surface area is 111 Å². The van der Waals surface area contributed by atoms with Crippen molar-refractivity contribution in [3.63, 3.8) is 0 Å². The van der Waals surface area contributed by atoms with Crippen LogP contribution in [0.3, 0.4) is 0 Å². The number of carbonyl (C=O) groups is 1. The number of unbranched alkanes of at least 4 members (excludes halogenated alkanes) is 2. The van der Waals surface area contributed by atoms with Gasteiger partial charge in [0.05, 0.1) is 25.3 Å². The van der Waals surface area contributed by atoms with Crippen LogP contribution in [-0.4, -0.2) is 20.0 Å². The Bertz CT molecular complexity index is 454. The van der Waals surface area contributed by atoms with Crippen LogP contribution in [0.25, 0.3) is 0 Å². The molecule has 0 aromatic heterocycles. The minimum atomic E-state index is 0.361. The molecule has 0 aliphatic rings. The molecule has 96 valence electrons. The van der Waals surface area contributed by atoms with E-state index in [9.17, 15) is 4.79 Å². The molecule has 4 nitrogen and oxygen atoms in total. The maximum Gasteiger partial charge on any atom is 0.171 e. The van der Waals surface area contributed by atoms with E-state index >= 15 is 0 Å². The van der Waals surface area contributed by atoms with Crippen LogP contribution in [0.4, 0.5) is 0 Å². The molecule has 1 rings (SSSR count). The van der Waals surface area contributed by atoms with Gasteiger partial charge in [0.15, 0.2) is 17.8 Å². The van der Waals surface area contributed by atoms with Crippen molar-refractivity contribution >= 4 is 17.9 Å². The highest BCUT2D eigenvalue weighted by Gasteiger charge is 2.12. The minimum absolute atomic E-state index is 0.361. The molecule has 0 atom stereocenters. The van der Waals surface area contributed by atoms with Crippen molar-refractivity contribution in [1.29, 1.82) is 5.26 Å². The molecule has 0 N–H and O–H groups in total. The molecule has 18 heavy (non-hydrogen) atoms. The number of nitrogens with zero attached hydrogens (tertiary/aromatic N) is 1. The number of carbonyl (C=O) groups excluding carboxylic acids is 1. The number of halogens is 1. The summed E-state index contributed by atoms with van der Waals surface area (Å²) in [5.41, 5.74) is 0.361.